The Morgan fingerprint density at radius 2 is 1.95 bits per heavy atom. The Bertz CT molecular complexity index is 594. The molecule has 0 bridgehead atoms. The molecule has 1 N–H and O–H groups in total. The van der Waals surface area contributed by atoms with Crippen LogP contribution in [0.4, 0.5) is 5.69 Å². The number of anilines is 1. The molecule has 1 heterocycles. The second kappa shape index (κ2) is 6.36. The van der Waals surface area contributed by atoms with Gasteiger partial charge in [0.1, 0.15) is 0 Å². The van der Waals surface area contributed by atoms with Crippen LogP contribution >= 0.6 is 0 Å². The first kappa shape index (κ1) is 16.3. The van der Waals surface area contributed by atoms with Crippen LogP contribution in [0.5, 0.6) is 0 Å². The quantitative estimate of drug-likeness (QED) is 0.909. The van der Waals surface area contributed by atoms with Crippen molar-refractivity contribution in [1.82, 2.24) is 4.31 Å². The predicted molar refractivity (Wildman–Crippen MR) is 87.1 cm³/mol. The van der Waals surface area contributed by atoms with Crippen LogP contribution in [0.2, 0.25) is 0 Å². The first-order valence-corrected chi connectivity index (χ1v) is 9.15. The third-order valence-electron chi connectivity index (χ3n) is 3.76. The molecule has 0 aliphatic carbocycles. The summed E-state index contributed by atoms with van der Waals surface area (Å²) in [5, 5.41) is 3.30. The van der Waals surface area contributed by atoms with E-state index in [1.807, 2.05) is 39.8 Å². The zero-order valence-electron chi connectivity index (χ0n) is 13.4. The highest BCUT2D eigenvalue weighted by Gasteiger charge is 2.30. The van der Waals surface area contributed by atoms with E-state index in [-0.39, 0.29) is 6.04 Å². The van der Waals surface area contributed by atoms with Crippen molar-refractivity contribution in [3.63, 3.8) is 0 Å². The predicted octanol–water partition coefficient (Wildman–Crippen LogP) is 3.10. The molecule has 0 saturated carbocycles. The fraction of sp³-hybridized carbons (Fsp3) is 0.625. The van der Waals surface area contributed by atoms with Gasteiger partial charge in [-0.25, -0.2) is 8.42 Å². The largest absolute Gasteiger partial charge is 0.385 e. The van der Waals surface area contributed by atoms with Gasteiger partial charge in [0, 0.05) is 24.8 Å². The standard InChI is InChI=1S/C16H26N2O2S/c1-12(2)11-18(13(3)4)21(19,20)16-9-5-8-15-14(16)7-6-10-17-15/h5,8-9,12-13,17H,6-7,10-11H2,1-4H3. The highest BCUT2D eigenvalue weighted by molar-refractivity contribution is 7.89. The lowest BCUT2D eigenvalue weighted by molar-refractivity contribution is 0.318. The molecular formula is C16H26N2O2S. The van der Waals surface area contributed by atoms with Crippen LogP contribution < -0.4 is 5.32 Å². The van der Waals surface area contributed by atoms with E-state index in [9.17, 15) is 8.42 Å². The summed E-state index contributed by atoms with van der Waals surface area (Å²) in [6.45, 7) is 9.44. The summed E-state index contributed by atoms with van der Waals surface area (Å²) in [5.74, 6) is 0.305. The lowest BCUT2D eigenvalue weighted by Gasteiger charge is -2.30. The van der Waals surface area contributed by atoms with Crippen molar-refractivity contribution in [3.05, 3.63) is 23.8 Å². The Kier molecular flexibility index (Phi) is 4.94. The summed E-state index contributed by atoms with van der Waals surface area (Å²) >= 11 is 0. The summed E-state index contributed by atoms with van der Waals surface area (Å²) in [6, 6.07) is 5.51. The van der Waals surface area contributed by atoms with E-state index in [1.54, 1.807) is 10.4 Å². The number of fused-ring (bicyclic) bond motifs is 1. The first-order chi connectivity index (χ1) is 9.84. The van der Waals surface area contributed by atoms with Crippen molar-refractivity contribution in [2.45, 2.75) is 51.5 Å². The van der Waals surface area contributed by atoms with E-state index in [4.69, 9.17) is 0 Å². The smallest absolute Gasteiger partial charge is 0.243 e. The van der Waals surface area contributed by atoms with Gasteiger partial charge in [-0.2, -0.15) is 4.31 Å². The van der Waals surface area contributed by atoms with E-state index in [2.05, 4.69) is 5.32 Å². The Hall–Kier alpha value is -1.07. The number of hydrogen-bond donors (Lipinski definition) is 1. The summed E-state index contributed by atoms with van der Waals surface area (Å²) in [6.07, 6.45) is 1.80. The van der Waals surface area contributed by atoms with E-state index >= 15 is 0 Å². The summed E-state index contributed by atoms with van der Waals surface area (Å²) in [4.78, 5) is 0.474. The van der Waals surface area contributed by atoms with Gasteiger partial charge in [0.15, 0.2) is 0 Å². The van der Waals surface area contributed by atoms with Crippen LogP contribution in [0.25, 0.3) is 0 Å². The molecule has 2 rings (SSSR count). The van der Waals surface area contributed by atoms with Gasteiger partial charge in [0.2, 0.25) is 10.0 Å². The number of nitrogens with zero attached hydrogens (tertiary/aromatic N) is 1. The molecule has 0 atom stereocenters. The van der Waals surface area contributed by atoms with E-state index in [0.29, 0.717) is 17.4 Å². The molecule has 1 aliphatic heterocycles. The van der Waals surface area contributed by atoms with Crippen LogP contribution in [-0.4, -0.2) is 31.9 Å². The average molecular weight is 310 g/mol. The van der Waals surface area contributed by atoms with Crippen LogP contribution in [0.3, 0.4) is 0 Å². The third-order valence-corrected chi connectivity index (χ3v) is 5.89. The Balaban J connectivity index is 2.47. The Morgan fingerprint density at radius 1 is 1.24 bits per heavy atom. The van der Waals surface area contributed by atoms with E-state index in [1.165, 1.54) is 0 Å². The zero-order valence-corrected chi connectivity index (χ0v) is 14.2. The van der Waals surface area contributed by atoms with Gasteiger partial charge < -0.3 is 5.32 Å². The molecule has 4 nitrogen and oxygen atoms in total. The van der Waals surface area contributed by atoms with E-state index < -0.39 is 10.0 Å². The lowest BCUT2D eigenvalue weighted by atomic mass is 10.0. The van der Waals surface area contributed by atoms with Crippen molar-refractivity contribution < 1.29 is 8.42 Å². The molecule has 0 spiro atoms. The first-order valence-electron chi connectivity index (χ1n) is 7.71. The molecule has 0 radical (unpaired) electrons. The topological polar surface area (TPSA) is 49.4 Å². The molecule has 1 aromatic rings. The van der Waals surface area contributed by atoms with Crippen molar-refractivity contribution >= 4 is 15.7 Å². The van der Waals surface area contributed by atoms with Crippen molar-refractivity contribution in [2.24, 2.45) is 5.92 Å². The summed E-state index contributed by atoms with van der Waals surface area (Å²) in [7, 11) is -3.44. The van der Waals surface area contributed by atoms with Crippen LogP contribution in [0.15, 0.2) is 23.1 Å². The molecule has 1 aromatic carbocycles. The van der Waals surface area contributed by atoms with Gasteiger partial charge in [-0.05, 0) is 50.3 Å². The minimum absolute atomic E-state index is 0.0372. The number of rotatable bonds is 5. The minimum Gasteiger partial charge on any atom is -0.385 e. The maximum Gasteiger partial charge on any atom is 0.243 e. The molecule has 0 fully saturated rings. The Morgan fingerprint density at radius 3 is 2.57 bits per heavy atom. The van der Waals surface area contributed by atoms with Gasteiger partial charge in [-0.3, -0.25) is 0 Å². The maximum atomic E-state index is 13.1. The van der Waals surface area contributed by atoms with Crippen molar-refractivity contribution in [1.29, 1.82) is 0 Å². The molecular weight excluding hydrogens is 284 g/mol. The molecule has 0 saturated heterocycles. The molecule has 0 amide bonds. The fourth-order valence-corrected chi connectivity index (χ4v) is 4.87. The van der Waals surface area contributed by atoms with E-state index in [0.717, 1.165) is 30.6 Å². The molecule has 21 heavy (non-hydrogen) atoms. The van der Waals surface area contributed by atoms with Crippen molar-refractivity contribution in [2.75, 3.05) is 18.4 Å². The Labute approximate surface area is 128 Å². The van der Waals surface area contributed by atoms with Gasteiger partial charge in [-0.1, -0.05) is 19.9 Å². The zero-order chi connectivity index (χ0) is 15.6. The van der Waals surface area contributed by atoms with Gasteiger partial charge in [-0.15, -0.1) is 0 Å². The van der Waals surface area contributed by atoms with Crippen LogP contribution in [-0.2, 0) is 16.4 Å². The normalized spacial score (nSPS) is 15.4. The van der Waals surface area contributed by atoms with Crippen molar-refractivity contribution in [3.8, 4) is 0 Å². The molecule has 1 aliphatic rings. The molecule has 5 heteroatoms. The van der Waals surface area contributed by atoms with Gasteiger partial charge in [0.25, 0.3) is 0 Å². The monoisotopic (exact) mass is 310 g/mol. The lowest BCUT2D eigenvalue weighted by Crippen LogP contribution is -2.40. The summed E-state index contributed by atoms with van der Waals surface area (Å²) < 4.78 is 27.8. The highest BCUT2D eigenvalue weighted by atomic mass is 32.2. The third kappa shape index (κ3) is 3.40. The van der Waals surface area contributed by atoms with Crippen LogP contribution in [0.1, 0.15) is 39.7 Å². The highest BCUT2D eigenvalue weighted by Crippen LogP contribution is 2.31. The minimum atomic E-state index is -3.44. The number of sulfonamides is 1. The molecule has 118 valence electrons. The van der Waals surface area contributed by atoms with Crippen LogP contribution in [0, 0.1) is 5.92 Å². The second-order valence-electron chi connectivity index (χ2n) is 6.37. The summed E-state index contributed by atoms with van der Waals surface area (Å²) in [5.41, 5.74) is 1.91. The van der Waals surface area contributed by atoms with Gasteiger partial charge >= 0.3 is 0 Å². The van der Waals surface area contributed by atoms with Gasteiger partial charge in [0.05, 0.1) is 4.90 Å². The average Bonchev–Trinajstić information content (AvgIpc) is 2.43. The number of benzene rings is 1. The fourth-order valence-electron chi connectivity index (χ4n) is 2.79. The molecule has 0 unspecified atom stereocenters. The second-order valence-corrected chi connectivity index (χ2v) is 8.23. The number of nitrogens with one attached hydrogen (secondary N) is 1. The SMILES string of the molecule is CC(C)CN(C(C)C)S(=O)(=O)c1cccc2c1CCCN2. The maximum absolute atomic E-state index is 13.1. The number of hydrogen-bond acceptors (Lipinski definition) is 3. The molecule has 0 aromatic heterocycles.